The number of carbonyl (C=O) groups is 2. The van der Waals surface area contributed by atoms with Crippen LogP contribution in [0.1, 0.15) is 10.4 Å². The lowest BCUT2D eigenvalue weighted by Crippen LogP contribution is -2.60. The largest absolute Gasteiger partial charge is 0.465 e. The standard InChI is InChI=1S/C17H23N3O5/c1-23-15(21)13-4-2-3-5-14(13)19-16(22)20-7-9-25-17(11-20)10-18-6-8-24-12-17/h2-5,18H,6-12H2,1H3,(H,19,22)/t17-/m1/s1. The molecule has 2 N–H and O–H groups in total. The Hall–Kier alpha value is -2.16. The first-order valence-electron chi connectivity index (χ1n) is 8.29. The van der Waals surface area contributed by atoms with Crippen LogP contribution in [-0.2, 0) is 14.2 Å². The summed E-state index contributed by atoms with van der Waals surface area (Å²) in [7, 11) is 1.31. The zero-order valence-corrected chi connectivity index (χ0v) is 14.2. The van der Waals surface area contributed by atoms with Crippen LogP contribution in [0.3, 0.4) is 0 Å². The Morgan fingerprint density at radius 2 is 2.16 bits per heavy atom. The van der Waals surface area contributed by atoms with E-state index in [0.29, 0.717) is 50.7 Å². The Balaban J connectivity index is 1.70. The number of ether oxygens (including phenoxy) is 3. The van der Waals surface area contributed by atoms with E-state index in [1.54, 1.807) is 29.2 Å². The predicted molar refractivity (Wildman–Crippen MR) is 90.7 cm³/mol. The van der Waals surface area contributed by atoms with Gasteiger partial charge in [-0.15, -0.1) is 0 Å². The molecule has 2 fully saturated rings. The number of anilines is 1. The summed E-state index contributed by atoms with van der Waals surface area (Å²) in [5.74, 6) is -0.490. The van der Waals surface area contributed by atoms with Gasteiger partial charge in [-0.1, -0.05) is 12.1 Å². The van der Waals surface area contributed by atoms with Gasteiger partial charge in [-0.3, -0.25) is 0 Å². The van der Waals surface area contributed by atoms with Crippen LogP contribution in [0.25, 0.3) is 0 Å². The highest BCUT2D eigenvalue weighted by molar-refractivity contribution is 6.00. The van der Waals surface area contributed by atoms with Crippen molar-refractivity contribution in [2.75, 3.05) is 58.4 Å². The van der Waals surface area contributed by atoms with E-state index >= 15 is 0 Å². The van der Waals surface area contributed by atoms with E-state index in [-0.39, 0.29) is 6.03 Å². The number of morpholine rings is 1. The van der Waals surface area contributed by atoms with Gasteiger partial charge in [-0.05, 0) is 12.1 Å². The molecular weight excluding hydrogens is 326 g/mol. The predicted octanol–water partition coefficient (Wildman–Crippen LogP) is 0.696. The van der Waals surface area contributed by atoms with Gasteiger partial charge in [0.2, 0.25) is 0 Å². The molecule has 1 atom stereocenters. The van der Waals surface area contributed by atoms with Crippen molar-refractivity contribution in [2.24, 2.45) is 0 Å². The molecule has 2 saturated heterocycles. The Morgan fingerprint density at radius 1 is 1.32 bits per heavy atom. The van der Waals surface area contributed by atoms with Gasteiger partial charge in [0, 0.05) is 19.6 Å². The molecule has 0 aromatic heterocycles. The summed E-state index contributed by atoms with van der Waals surface area (Å²) in [6, 6.07) is 6.50. The molecular formula is C17H23N3O5. The fraction of sp³-hybridized carbons (Fsp3) is 0.529. The van der Waals surface area contributed by atoms with Crippen molar-refractivity contribution in [1.29, 1.82) is 0 Å². The number of benzene rings is 1. The first-order chi connectivity index (χ1) is 12.1. The molecule has 0 saturated carbocycles. The smallest absolute Gasteiger partial charge is 0.339 e. The monoisotopic (exact) mass is 349 g/mol. The lowest BCUT2D eigenvalue weighted by molar-refractivity contribution is -0.123. The average Bonchev–Trinajstić information content (AvgIpc) is 2.87. The fourth-order valence-corrected chi connectivity index (χ4v) is 3.06. The van der Waals surface area contributed by atoms with E-state index in [0.717, 1.165) is 6.54 Å². The van der Waals surface area contributed by atoms with Crippen molar-refractivity contribution >= 4 is 17.7 Å². The van der Waals surface area contributed by atoms with Crippen LogP contribution in [0.4, 0.5) is 10.5 Å². The first-order valence-corrected chi connectivity index (χ1v) is 8.29. The van der Waals surface area contributed by atoms with Crippen molar-refractivity contribution in [3.8, 4) is 0 Å². The highest BCUT2D eigenvalue weighted by Crippen LogP contribution is 2.22. The lowest BCUT2D eigenvalue weighted by atomic mass is 10.0. The number of urea groups is 1. The minimum absolute atomic E-state index is 0.275. The highest BCUT2D eigenvalue weighted by atomic mass is 16.5. The number of hydrogen-bond donors (Lipinski definition) is 2. The third-order valence-electron chi connectivity index (χ3n) is 4.35. The van der Waals surface area contributed by atoms with Crippen LogP contribution in [0, 0.1) is 0 Å². The molecule has 1 aromatic rings. The summed E-state index contributed by atoms with van der Waals surface area (Å²) in [4.78, 5) is 26.2. The van der Waals surface area contributed by atoms with Crippen molar-refractivity contribution in [1.82, 2.24) is 10.2 Å². The molecule has 1 spiro atoms. The van der Waals surface area contributed by atoms with Crippen LogP contribution >= 0.6 is 0 Å². The van der Waals surface area contributed by atoms with E-state index < -0.39 is 11.6 Å². The molecule has 3 rings (SSSR count). The summed E-state index contributed by atoms with van der Waals surface area (Å²) >= 11 is 0. The summed E-state index contributed by atoms with van der Waals surface area (Å²) in [6.45, 7) is 3.82. The van der Waals surface area contributed by atoms with Gasteiger partial charge in [0.25, 0.3) is 0 Å². The molecule has 1 aromatic carbocycles. The molecule has 0 aliphatic carbocycles. The number of nitrogens with zero attached hydrogens (tertiary/aromatic N) is 1. The molecule has 25 heavy (non-hydrogen) atoms. The van der Waals surface area contributed by atoms with Crippen molar-refractivity contribution in [3.63, 3.8) is 0 Å². The Labute approximate surface area is 146 Å². The maximum Gasteiger partial charge on any atom is 0.339 e. The van der Waals surface area contributed by atoms with Gasteiger partial charge in [0.05, 0.1) is 44.7 Å². The van der Waals surface area contributed by atoms with Crippen LogP contribution in [0.15, 0.2) is 24.3 Å². The minimum atomic E-state index is -0.534. The van der Waals surface area contributed by atoms with Crippen LogP contribution in [0.2, 0.25) is 0 Å². The molecule has 8 nitrogen and oxygen atoms in total. The maximum atomic E-state index is 12.7. The van der Waals surface area contributed by atoms with E-state index in [2.05, 4.69) is 10.6 Å². The van der Waals surface area contributed by atoms with Gasteiger partial charge in [-0.25, -0.2) is 9.59 Å². The Morgan fingerprint density at radius 3 is 3.00 bits per heavy atom. The SMILES string of the molecule is COC(=O)c1ccccc1NC(=O)N1CCO[C@]2(CNCCOC2)C1. The Kier molecular flexibility index (Phi) is 5.52. The quantitative estimate of drug-likeness (QED) is 0.764. The van der Waals surface area contributed by atoms with Crippen molar-refractivity contribution in [3.05, 3.63) is 29.8 Å². The van der Waals surface area contributed by atoms with Gasteiger partial charge in [-0.2, -0.15) is 0 Å². The number of para-hydroxylation sites is 1. The maximum absolute atomic E-state index is 12.7. The van der Waals surface area contributed by atoms with Crippen LogP contribution < -0.4 is 10.6 Å². The van der Waals surface area contributed by atoms with E-state index in [9.17, 15) is 9.59 Å². The molecule has 136 valence electrons. The third-order valence-corrected chi connectivity index (χ3v) is 4.35. The number of esters is 1. The van der Waals surface area contributed by atoms with Crippen LogP contribution in [0.5, 0.6) is 0 Å². The van der Waals surface area contributed by atoms with Gasteiger partial charge in [0.15, 0.2) is 0 Å². The number of rotatable bonds is 2. The summed E-state index contributed by atoms with van der Waals surface area (Å²) in [5.41, 5.74) is 0.212. The summed E-state index contributed by atoms with van der Waals surface area (Å²) in [6.07, 6.45) is 0. The lowest BCUT2D eigenvalue weighted by Gasteiger charge is -2.41. The first kappa shape index (κ1) is 17.7. The molecule has 0 unspecified atom stereocenters. The zero-order chi connectivity index (χ0) is 17.7. The highest BCUT2D eigenvalue weighted by Gasteiger charge is 2.39. The zero-order valence-electron chi connectivity index (χ0n) is 14.2. The van der Waals surface area contributed by atoms with Gasteiger partial charge in [0.1, 0.15) is 5.60 Å². The minimum Gasteiger partial charge on any atom is -0.465 e. The molecule has 0 bridgehead atoms. The van der Waals surface area contributed by atoms with Crippen LogP contribution in [-0.4, -0.2) is 75.6 Å². The molecule has 8 heteroatoms. The van der Waals surface area contributed by atoms with E-state index in [1.165, 1.54) is 7.11 Å². The number of nitrogens with one attached hydrogen (secondary N) is 2. The fourth-order valence-electron chi connectivity index (χ4n) is 3.06. The second-order valence-corrected chi connectivity index (χ2v) is 6.15. The van der Waals surface area contributed by atoms with Crippen molar-refractivity contribution < 1.29 is 23.8 Å². The normalized spacial score (nSPS) is 23.8. The van der Waals surface area contributed by atoms with Gasteiger partial charge < -0.3 is 29.7 Å². The number of amides is 2. The number of carbonyl (C=O) groups excluding carboxylic acids is 2. The number of methoxy groups -OCH3 is 1. The second kappa shape index (κ2) is 7.81. The summed E-state index contributed by atoms with van der Waals surface area (Å²) < 4.78 is 16.3. The average molecular weight is 349 g/mol. The summed E-state index contributed by atoms with van der Waals surface area (Å²) in [5, 5.41) is 6.08. The molecule has 2 aliphatic heterocycles. The van der Waals surface area contributed by atoms with E-state index in [4.69, 9.17) is 14.2 Å². The number of hydrogen-bond acceptors (Lipinski definition) is 6. The molecule has 0 radical (unpaired) electrons. The topological polar surface area (TPSA) is 89.1 Å². The van der Waals surface area contributed by atoms with Gasteiger partial charge >= 0.3 is 12.0 Å². The third kappa shape index (κ3) is 4.09. The van der Waals surface area contributed by atoms with E-state index in [1.807, 2.05) is 0 Å². The molecule has 2 heterocycles. The van der Waals surface area contributed by atoms with Crippen molar-refractivity contribution in [2.45, 2.75) is 5.60 Å². The molecule has 2 amide bonds. The second-order valence-electron chi connectivity index (χ2n) is 6.15. The molecule has 2 aliphatic rings. The Bertz CT molecular complexity index is 628.